The molecule has 1 unspecified atom stereocenters. The Morgan fingerprint density at radius 2 is 1.95 bits per heavy atom. The summed E-state index contributed by atoms with van der Waals surface area (Å²) in [6, 6.07) is 10.2. The van der Waals surface area contributed by atoms with Crippen molar-refractivity contribution in [2.45, 2.75) is 44.2 Å². The standard InChI is InChI=1S/C16H24N2O2/c1-20-15(13-8-4-2-5-9-13)12-17-16(19)18-14-10-6-3-7-11-14/h2,4-5,8-9,14-15H,3,6-7,10-12H2,1H3,(H2,17,18,19). The summed E-state index contributed by atoms with van der Waals surface area (Å²) in [5.74, 6) is 0. The van der Waals surface area contributed by atoms with Gasteiger partial charge in [0.2, 0.25) is 0 Å². The molecule has 1 aromatic rings. The number of carbonyl (C=O) groups excluding carboxylic acids is 1. The van der Waals surface area contributed by atoms with Crippen LogP contribution in [0.1, 0.15) is 43.8 Å². The Morgan fingerprint density at radius 3 is 2.60 bits per heavy atom. The Hall–Kier alpha value is -1.55. The van der Waals surface area contributed by atoms with Crippen molar-refractivity contribution in [1.82, 2.24) is 10.6 Å². The van der Waals surface area contributed by atoms with Crippen molar-refractivity contribution in [1.29, 1.82) is 0 Å². The Kier molecular flexibility index (Phi) is 5.87. The van der Waals surface area contributed by atoms with Crippen molar-refractivity contribution in [3.63, 3.8) is 0 Å². The number of nitrogens with one attached hydrogen (secondary N) is 2. The van der Waals surface area contributed by atoms with Crippen molar-refractivity contribution < 1.29 is 9.53 Å². The van der Waals surface area contributed by atoms with Gasteiger partial charge in [0.05, 0.1) is 6.10 Å². The molecular formula is C16H24N2O2. The lowest BCUT2D eigenvalue weighted by Crippen LogP contribution is -2.44. The highest BCUT2D eigenvalue weighted by Crippen LogP contribution is 2.17. The van der Waals surface area contributed by atoms with E-state index < -0.39 is 0 Å². The number of rotatable bonds is 5. The maximum atomic E-state index is 11.9. The van der Waals surface area contributed by atoms with Crippen LogP contribution in [-0.4, -0.2) is 25.7 Å². The number of urea groups is 1. The van der Waals surface area contributed by atoms with Crippen LogP contribution < -0.4 is 10.6 Å². The van der Waals surface area contributed by atoms with Crippen molar-refractivity contribution in [2.24, 2.45) is 0 Å². The van der Waals surface area contributed by atoms with Crippen LogP contribution in [0.15, 0.2) is 30.3 Å². The second-order valence-corrected chi connectivity index (χ2v) is 5.32. The summed E-state index contributed by atoms with van der Waals surface area (Å²) in [5, 5.41) is 5.95. The van der Waals surface area contributed by atoms with E-state index in [9.17, 15) is 4.79 Å². The molecule has 0 bridgehead atoms. The molecule has 1 aromatic carbocycles. The molecular weight excluding hydrogens is 252 g/mol. The van der Waals surface area contributed by atoms with E-state index in [4.69, 9.17) is 4.74 Å². The molecule has 2 rings (SSSR count). The second-order valence-electron chi connectivity index (χ2n) is 5.32. The molecule has 0 radical (unpaired) electrons. The lowest BCUT2D eigenvalue weighted by molar-refractivity contribution is 0.103. The molecule has 0 saturated heterocycles. The highest BCUT2D eigenvalue weighted by atomic mass is 16.5. The first-order valence-electron chi connectivity index (χ1n) is 7.41. The van der Waals surface area contributed by atoms with Crippen LogP contribution >= 0.6 is 0 Å². The third-order valence-electron chi connectivity index (χ3n) is 3.84. The number of benzene rings is 1. The van der Waals surface area contributed by atoms with Crippen molar-refractivity contribution in [3.8, 4) is 0 Å². The van der Waals surface area contributed by atoms with Gasteiger partial charge in [-0.05, 0) is 18.4 Å². The Morgan fingerprint density at radius 1 is 1.25 bits per heavy atom. The molecule has 1 aliphatic carbocycles. The number of amides is 2. The topological polar surface area (TPSA) is 50.4 Å². The molecule has 1 saturated carbocycles. The summed E-state index contributed by atoms with van der Waals surface area (Å²) in [5.41, 5.74) is 1.08. The lowest BCUT2D eigenvalue weighted by Gasteiger charge is -2.23. The second kappa shape index (κ2) is 7.90. The summed E-state index contributed by atoms with van der Waals surface area (Å²) in [7, 11) is 1.67. The summed E-state index contributed by atoms with van der Waals surface area (Å²) in [4.78, 5) is 11.9. The van der Waals surface area contributed by atoms with E-state index in [1.54, 1.807) is 7.11 Å². The quantitative estimate of drug-likeness (QED) is 0.868. The van der Waals surface area contributed by atoms with Gasteiger partial charge in [-0.15, -0.1) is 0 Å². The average molecular weight is 276 g/mol. The third-order valence-corrected chi connectivity index (χ3v) is 3.84. The molecule has 4 nitrogen and oxygen atoms in total. The number of ether oxygens (including phenoxy) is 1. The predicted octanol–water partition coefficient (Wildman–Crippen LogP) is 3.01. The molecule has 2 amide bonds. The van der Waals surface area contributed by atoms with Crippen LogP contribution in [0.2, 0.25) is 0 Å². The zero-order chi connectivity index (χ0) is 14.2. The fourth-order valence-corrected chi connectivity index (χ4v) is 2.67. The van der Waals surface area contributed by atoms with Gasteiger partial charge in [0.15, 0.2) is 0 Å². The largest absolute Gasteiger partial charge is 0.375 e. The average Bonchev–Trinajstić information content (AvgIpc) is 2.50. The van der Waals surface area contributed by atoms with E-state index in [0.717, 1.165) is 18.4 Å². The maximum absolute atomic E-state index is 11.9. The van der Waals surface area contributed by atoms with Crippen molar-refractivity contribution in [3.05, 3.63) is 35.9 Å². The normalized spacial score (nSPS) is 17.4. The molecule has 1 aliphatic rings. The summed E-state index contributed by atoms with van der Waals surface area (Å²) in [6.45, 7) is 0.485. The summed E-state index contributed by atoms with van der Waals surface area (Å²) >= 11 is 0. The minimum absolute atomic E-state index is 0.0881. The first kappa shape index (κ1) is 14.9. The van der Waals surface area contributed by atoms with Gasteiger partial charge in [0.1, 0.15) is 0 Å². The Bertz CT molecular complexity index is 402. The van der Waals surface area contributed by atoms with E-state index in [1.807, 2.05) is 30.3 Å². The molecule has 1 atom stereocenters. The smallest absolute Gasteiger partial charge is 0.315 e. The predicted molar refractivity (Wildman–Crippen MR) is 79.6 cm³/mol. The molecule has 0 aliphatic heterocycles. The van der Waals surface area contributed by atoms with Gasteiger partial charge < -0.3 is 15.4 Å². The van der Waals surface area contributed by atoms with Crippen molar-refractivity contribution >= 4 is 6.03 Å². The minimum atomic E-state index is -0.103. The van der Waals surface area contributed by atoms with Gasteiger partial charge in [0, 0.05) is 19.7 Å². The summed E-state index contributed by atoms with van der Waals surface area (Å²) in [6.07, 6.45) is 5.82. The highest BCUT2D eigenvalue weighted by molar-refractivity contribution is 5.74. The van der Waals surface area contributed by atoms with E-state index in [1.165, 1.54) is 19.3 Å². The number of hydrogen-bond acceptors (Lipinski definition) is 2. The first-order valence-corrected chi connectivity index (χ1v) is 7.41. The van der Waals surface area contributed by atoms with E-state index in [0.29, 0.717) is 12.6 Å². The Balaban J connectivity index is 1.76. The molecule has 20 heavy (non-hydrogen) atoms. The van der Waals surface area contributed by atoms with Gasteiger partial charge in [0.25, 0.3) is 0 Å². The molecule has 4 heteroatoms. The van der Waals surface area contributed by atoms with Gasteiger partial charge >= 0.3 is 6.03 Å². The minimum Gasteiger partial charge on any atom is -0.375 e. The van der Waals surface area contributed by atoms with E-state index in [2.05, 4.69) is 10.6 Å². The van der Waals surface area contributed by atoms with Crippen LogP contribution in [-0.2, 0) is 4.74 Å². The molecule has 2 N–H and O–H groups in total. The van der Waals surface area contributed by atoms with Crippen LogP contribution in [0, 0.1) is 0 Å². The molecule has 0 heterocycles. The molecule has 1 fully saturated rings. The van der Waals surface area contributed by atoms with Crippen molar-refractivity contribution in [2.75, 3.05) is 13.7 Å². The molecule has 110 valence electrons. The first-order chi connectivity index (χ1) is 9.79. The van der Waals surface area contributed by atoms with Gasteiger partial charge in [-0.1, -0.05) is 49.6 Å². The van der Waals surface area contributed by atoms with Crippen LogP contribution in [0.25, 0.3) is 0 Å². The lowest BCUT2D eigenvalue weighted by atomic mass is 9.96. The van der Waals surface area contributed by atoms with Gasteiger partial charge in [-0.2, -0.15) is 0 Å². The monoisotopic (exact) mass is 276 g/mol. The zero-order valence-electron chi connectivity index (χ0n) is 12.1. The fourth-order valence-electron chi connectivity index (χ4n) is 2.67. The van der Waals surface area contributed by atoms with Crippen LogP contribution in [0.4, 0.5) is 4.79 Å². The zero-order valence-corrected chi connectivity index (χ0v) is 12.1. The van der Waals surface area contributed by atoms with Crippen LogP contribution in [0.5, 0.6) is 0 Å². The summed E-state index contributed by atoms with van der Waals surface area (Å²) < 4.78 is 5.43. The molecule has 0 aromatic heterocycles. The number of carbonyl (C=O) groups is 1. The Labute approximate surface area is 120 Å². The molecule has 0 spiro atoms. The van der Waals surface area contributed by atoms with E-state index >= 15 is 0 Å². The van der Waals surface area contributed by atoms with Gasteiger partial charge in [-0.25, -0.2) is 4.79 Å². The van der Waals surface area contributed by atoms with E-state index in [-0.39, 0.29) is 12.1 Å². The van der Waals surface area contributed by atoms with Crippen LogP contribution in [0.3, 0.4) is 0 Å². The maximum Gasteiger partial charge on any atom is 0.315 e. The highest BCUT2D eigenvalue weighted by Gasteiger charge is 2.16. The number of hydrogen-bond donors (Lipinski definition) is 2. The number of methoxy groups -OCH3 is 1. The fraction of sp³-hybridized carbons (Fsp3) is 0.562. The third kappa shape index (κ3) is 4.53. The SMILES string of the molecule is COC(CNC(=O)NC1CCCCC1)c1ccccc1. The van der Waals surface area contributed by atoms with Gasteiger partial charge in [-0.3, -0.25) is 0 Å².